The van der Waals surface area contributed by atoms with Crippen LogP contribution in [0.2, 0.25) is 0 Å². The van der Waals surface area contributed by atoms with Gasteiger partial charge in [-0.3, -0.25) is 4.79 Å². The molecule has 1 saturated heterocycles. The number of aromatic nitrogens is 3. The summed E-state index contributed by atoms with van der Waals surface area (Å²) < 4.78 is 38.4. The highest BCUT2D eigenvalue weighted by atomic mass is 32.2. The number of ether oxygens (including phenoxy) is 2. The van der Waals surface area contributed by atoms with E-state index in [9.17, 15) is 18.3 Å². The minimum atomic E-state index is -4.12. The van der Waals surface area contributed by atoms with Crippen molar-refractivity contribution in [3.8, 4) is 11.8 Å². The van der Waals surface area contributed by atoms with E-state index >= 15 is 0 Å². The standard InChI is InChI=1S/C29H37N7O6S/c1-18-25(31-17-24(28(37)38)35-43(39,40)22-9-7-21(41-2)8-10-22)33-29(42-3)34-27(18)36-15-12-19(13-16-36)23-11-6-20-5-4-14-30-26(20)32-23/h6-11,19,24,35H,4-5,12-17H2,1-3H3,(H,30,32)(H,37,38)(H,31,33,34)/t24-/m0/s1. The van der Waals surface area contributed by atoms with Crippen LogP contribution in [0.15, 0.2) is 41.3 Å². The number of aliphatic carboxylic acids is 1. The number of carboxylic acid groups (broad SMARTS) is 1. The van der Waals surface area contributed by atoms with E-state index in [4.69, 9.17) is 14.5 Å². The number of rotatable bonds is 11. The van der Waals surface area contributed by atoms with Gasteiger partial charge in [0.2, 0.25) is 10.0 Å². The number of piperidine rings is 1. The zero-order valence-electron chi connectivity index (χ0n) is 24.5. The van der Waals surface area contributed by atoms with Gasteiger partial charge in [0.15, 0.2) is 0 Å². The van der Waals surface area contributed by atoms with Crippen molar-refractivity contribution >= 4 is 33.4 Å². The predicted octanol–water partition coefficient (Wildman–Crippen LogP) is 2.78. The number of carbonyl (C=O) groups is 1. The van der Waals surface area contributed by atoms with Crippen molar-refractivity contribution < 1.29 is 27.8 Å². The number of pyridine rings is 1. The summed E-state index contributed by atoms with van der Waals surface area (Å²) in [6, 6.07) is 8.67. The summed E-state index contributed by atoms with van der Waals surface area (Å²) in [7, 11) is -1.19. The molecule has 4 heterocycles. The van der Waals surface area contributed by atoms with E-state index in [1.165, 1.54) is 44.0 Å². The third-order valence-corrected chi connectivity index (χ3v) is 9.34. The van der Waals surface area contributed by atoms with Crippen molar-refractivity contribution in [2.24, 2.45) is 0 Å². The highest BCUT2D eigenvalue weighted by Crippen LogP contribution is 2.34. The molecule has 43 heavy (non-hydrogen) atoms. The average Bonchev–Trinajstić information content (AvgIpc) is 3.03. The Hall–Kier alpha value is -4.17. The quantitative estimate of drug-likeness (QED) is 0.251. The molecule has 0 amide bonds. The first-order valence-corrected chi connectivity index (χ1v) is 15.7. The smallest absolute Gasteiger partial charge is 0.323 e. The molecule has 0 bridgehead atoms. The molecule has 5 rings (SSSR count). The number of nitrogens with zero attached hydrogens (tertiary/aromatic N) is 4. The van der Waals surface area contributed by atoms with Crippen LogP contribution in [0, 0.1) is 6.92 Å². The van der Waals surface area contributed by atoms with Crippen LogP contribution in [0.1, 0.15) is 42.0 Å². The fourth-order valence-corrected chi connectivity index (χ4v) is 6.59. The van der Waals surface area contributed by atoms with E-state index in [-0.39, 0.29) is 17.5 Å². The molecule has 1 atom stereocenters. The number of benzene rings is 1. The number of anilines is 3. The summed E-state index contributed by atoms with van der Waals surface area (Å²) >= 11 is 0. The van der Waals surface area contributed by atoms with Crippen LogP contribution in [0.4, 0.5) is 17.5 Å². The van der Waals surface area contributed by atoms with Crippen molar-refractivity contribution in [1.82, 2.24) is 19.7 Å². The molecule has 1 fully saturated rings. The van der Waals surface area contributed by atoms with Crippen LogP contribution in [-0.4, -0.2) is 80.9 Å². The first-order chi connectivity index (χ1) is 20.7. The topological polar surface area (TPSA) is 168 Å². The van der Waals surface area contributed by atoms with Gasteiger partial charge in [0.25, 0.3) is 0 Å². The molecule has 0 radical (unpaired) electrons. The Morgan fingerprint density at radius 3 is 2.51 bits per heavy atom. The van der Waals surface area contributed by atoms with E-state index in [1.54, 1.807) is 0 Å². The van der Waals surface area contributed by atoms with Gasteiger partial charge in [0, 0.05) is 43.4 Å². The van der Waals surface area contributed by atoms with Gasteiger partial charge in [-0.25, -0.2) is 13.4 Å². The molecule has 14 heteroatoms. The van der Waals surface area contributed by atoms with Crippen LogP contribution in [0.25, 0.3) is 0 Å². The molecule has 13 nitrogen and oxygen atoms in total. The molecule has 0 unspecified atom stereocenters. The van der Waals surface area contributed by atoms with Gasteiger partial charge < -0.3 is 30.1 Å². The first kappa shape index (κ1) is 30.3. The SMILES string of the molecule is COc1ccc(S(=O)(=O)N[C@@H](CNc2nc(OC)nc(N3CCC(c4ccc5c(n4)NCCC5)CC3)c2C)C(=O)O)cc1. The number of fused-ring (bicyclic) bond motifs is 1. The van der Waals surface area contributed by atoms with Gasteiger partial charge in [0.1, 0.15) is 29.2 Å². The Balaban J connectivity index is 1.27. The van der Waals surface area contributed by atoms with Gasteiger partial charge in [-0.1, -0.05) is 6.07 Å². The third-order valence-electron chi connectivity index (χ3n) is 7.85. The molecule has 1 aromatic carbocycles. The zero-order chi connectivity index (χ0) is 30.6. The number of aryl methyl sites for hydroxylation is 1. The molecular formula is C29H37N7O6S. The minimum Gasteiger partial charge on any atom is -0.497 e. The molecule has 2 aliphatic rings. The number of nitrogens with one attached hydrogen (secondary N) is 3. The lowest BCUT2D eigenvalue weighted by Gasteiger charge is -2.34. The van der Waals surface area contributed by atoms with Gasteiger partial charge in [0.05, 0.1) is 19.1 Å². The lowest BCUT2D eigenvalue weighted by molar-refractivity contribution is -0.138. The van der Waals surface area contributed by atoms with Crippen molar-refractivity contribution in [3.05, 3.63) is 53.2 Å². The fourth-order valence-electron chi connectivity index (χ4n) is 5.40. The van der Waals surface area contributed by atoms with Crippen molar-refractivity contribution in [1.29, 1.82) is 0 Å². The van der Waals surface area contributed by atoms with Gasteiger partial charge in [-0.15, -0.1) is 0 Å². The number of methoxy groups -OCH3 is 2. The van der Waals surface area contributed by atoms with Crippen molar-refractivity contribution in [2.45, 2.75) is 49.5 Å². The first-order valence-electron chi connectivity index (χ1n) is 14.2. The second-order valence-corrected chi connectivity index (χ2v) is 12.3. The van der Waals surface area contributed by atoms with Crippen molar-refractivity contribution in [3.63, 3.8) is 0 Å². The molecule has 4 N–H and O–H groups in total. The van der Waals surface area contributed by atoms with E-state index in [1.807, 2.05) is 6.92 Å². The Bertz CT molecular complexity index is 1560. The van der Waals surface area contributed by atoms with E-state index in [0.717, 1.165) is 56.8 Å². The number of carboxylic acids is 1. The van der Waals surface area contributed by atoms with Crippen LogP contribution in [-0.2, 0) is 21.2 Å². The minimum absolute atomic E-state index is 0.0769. The summed E-state index contributed by atoms with van der Waals surface area (Å²) in [4.78, 5) is 28.0. The van der Waals surface area contributed by atoms with Gasteiger partial charge in [-0.05, 0) is 68.5 Å². The number of hydrogen-bond donors (Lipinski definition) is 4. The van der Waals surface area contributed by atoms with Gasteiger partial charge in [-0.2, -0.15) is 14.7 Å². The summed E-state index contributed by atoms with van der Waals surface area (Å²) in [6.45, 7) is 4.03. The fraction of sp³-hybridized carbons (Fsp3) is 0.448. The molecule has 2 aliphatic heterocycles. The molecule has 3 aromatic rings. The van der Waals surface area contributed by atoms with E-state index in [2.05, 4.69) is 42.4 Å². The van der Waals surface area contributed by atoms with Crippen LogP contribution in [0.5, 0.6) is 11.8 Å². The lowest BCUT2D eigenvalue weighted by atomic mass is 9.92. The van der Waals surface area contributed by atoms with Crippen LogP contribution < -0.4 is 29.7 Å². The van der Waals surface area contributed by atoms with E-state index in [0.29, 0.717) is 28.9 Å². The maximum atomic E-state index is 12.9. The lowest BCUT2D eigenvalue weighted by Crippen LogP contribution is -2.45. The van der Waals surface area contributed by atoms with Crippen LogP contribution in [0.3, 0.4) is 0 Å². The summed E-state index contributed by atoms with van der Waals surface area (Å²) in [5, 5.41) is 16.2. The Labute approximate surface area is 251 Å². The molecule has 0 saturated carbocycles. The van der Waals surface area contributed by atoms with Crippen LogP contribution >= 0.6 is 0 Å². The Kier molecular flexibility index (Phi) is 9.16. The number of sulfonamides is 1. The second kappa shape index (κ2) is 13.0. The normalized spacial score (nSPS) is 16.1. The highest BCUT2D eigenvalue weighted by Gasteiger charge is 2.28. The van der Waals surface area contributed by atoms with Gasteiger partial charge >= 0.3 is 12.0 Å². The Morgan fingerprint density at radius 2 is 1.84 bits per heavy atom. The van der Waals surface area contributed by atoms with E-state index < -0.39 is 22.0 Å². The molecule has 230 valence electrons. The molecule has 0 spiro atoms. The Morgan fingerprint density at radius 1 is 1.09 bits per heavy atom. The highest BCUT2D eigenvalue weighted by molar-refractivity contribution is 7.89. The number of hydrogen-bond acceptors (Lipinski definition) is 11. The second-order valence-electron chi connectivity index (χ2n) is 10.6. The molecule has 0 aliphatic carbocycles. The monoisotopic (exact) mass is 611 g/mol. The largest absolute Gasteiger partial charge is 0.497 e. The summed E-state index contributed by atoms with van der Waals surface area (Å²) in [5.41, 5.74) is 3.08. The average molecular weight is 612 g/mol. The maximum Gasteiger partial charge on any atom is 0.323 e. The maximum absolute atomic E-state index is 12.9. The molecular weight excluding hydrogens is 574 g/mol. The zero-order valence-corrected chi connectivity index (χ0v) is 25.3. The summed E-state index contributed by atoms with van der Waals surface area (Å²) in [6.07, 6.45) is 3.98. The van der Waals surface area contributed by atoms with Crippen molar-refractivity contribution in [2.75, 3.05) is 55.9 Å². The predicted molar refractivity (Wildman–Crippen MR) is 162 cm³/mol. The third kappa shape index (κ3) is 6.91. The molecule has 2 aromatic heterocycles. The summed E-state index contributed by atoms with van der Waals surface area (Å²) in [5.74, 6) is 1.53.